The summed E-state index contributed by atoms with van der Waals surface area (Å²) in [5.41, 5.74) is 0. The van der Waals surface area contributed by atoms with Crippen molar-refractivity contribution in [2.24, 2.45) is 0 Å². The first kappa shape index (κ1) is 23.1. The van der Waals surface area contributed by atoms with Gasteiger partial charge in [-0.2, -0.15) is 0 Å². The Kier molecular flexibility index (Phi) is 24.3. The van der Waals surface area contributed by atoms with Crippen LogP contribution in [0.2, 0.25) is 0 Å². The molecule has 0 heterocycles. The molecule has 0 aliphatic heterocycles. The average Bonchev–Trinajstić information content (AvgIpc) is 2.45. The van der Waals surface area contributed by atoms with Gasteiger partial charge in [-0.05, 0) is 19.8 Å². The fraction of sp³-hybridized carbons (Fsp3) is 1.00. The fourth-order valence-corrected chi connectivity index (χ4v) is 1.28. The summed E-state index contributed by atoms with van der Waals surface area (Å²) in [6, 6.07) is 0. The van der Waals surface area contributed by atoms with E-state index in [2.05, 4.69) is 18.6 Å². The van der Waals surface area contributed by atoms with E-state index in [9.17, 15) is 0 Å². The first-order valence-electron chi connectivity index (χ1n) is 8.09. The molecule has 1 atom stereocenters. The Labute approximate surface area is 130 Å². The van der Waals surface area contributed by atoms with Crippen molar-refractivity contribution in [2.45, 2.75) is 52.6 Å². The van der Waals surface area contributed by atoms with E-state index in [4.69, 9.17) is 19.3 Å². The summed E-state index contributed by atoms with van der Waals surface area (Å²) in [7, 11) is 1.56. The molecule has 1 N–H and O–H groups in total. The topological polar surface area (TPSA) is 57.2 Å². The van der Waals surface area contributed by atoms with Crippen LogP contribution in [-0.4, -0.2) is 64.6 Å². The maximum absolute atomic E-state index is 8.43. The van der Waals surface area contributed by atoms with E-state index in [0.29, 0.717) is 33.0 Å². The number of hydrogen-bond acceptors (Lipinski definition) is 5. The highest BCUT2D eigenvalue weighted by Crippen LogP contribution is 1.89. The molecule has 0 amide bonds. The van der Waals surface area contributed by atoms with Crippen LogP contribution in [0, 0.1) is 0 Å². The van der Waals surface area contributed by atoms with E-state index in [1.54, 1.807) is 14.0 Å². The molecule has 0 aromatic rings. The van der Waals surface area contributed by atoms with Gasteiger partial charge in [-0.1, -0.05) is 26.7 Å². The number of unbranched alkanes of at least 4 members (excludes halogenated alkanes) is 2. The summed E-state index contributed by atoms with van der Waals surface area (Å²) >= 11 is 0. The van der Waals surface area contributed by atoms with Gasteiger partial charge in [0.2, 0.25) is 0 Å². The molecule has 0 saturated carbocycles. The minimum atomic E-state index is -0.324. The number of ether oxygens (including phenoxy) is 4. The molecule has 0 fully saturated rings. The molecule has 0 rings (SSSR count). The SMILES string of the molecule is CCCCOCCOCCOCCCC.COCC(C)O. The molecule has 0 spiro atoms. The quantitative estimate of drug-likeness (QED) is 0.500. The largest absolute Gasteiger partial charge is 0.391 e. The van der Waals surface area contributed by atoms with Crippen LogP contribution >= 0.6 is 0 Å². The third-order valence-corrected chi connectivity index (χ3v) is 2.44. The zero-order chi connectivity index (χ0) is 16.2. The van der Waals surface area contributed by atoms with Crippen molar-refractivity contribution in [3.63, 3.8) is 0 Å². The third-order valence-electron chi connectivity index (χ3n) is 2.44. The first-order valence-corrected chi connectivity index (χ1v) is 8.09. The van der Waals surface area contributed by atoms with Crippen LogP contribution in [-0.2, 0) is 18.9 Å². The predicted octanol–water partition coefficient (Wildman–Crippen LogP) is 2.65. The van der Waals surface area contributed by atoms with Gasteiger partial charge in [0, 0.05) is 20.3 Å². The van der Waals surface area contributed by atoms with Gasteiger partial charge in [-0.15, -0.1) is 0 Å². The predicted molar refractivity (Wildman–Crippen MR) is 85.8 cm³/mol. The lowest BCUT2D eigenvalue weighted by atomic mass is 10.4. The average molecular weight is 308 g/mol. The Hall–Kier alpha value is -0.200. The lowest BCUT2D eigenvalue weighted by molar-refractivity contribution is 0.0136. The van der Waals surface area contributed by atoms with Crippen molar-refractivity contribution in [1.29, 1.82) is 0 Å². The Balaban J connectivity index is 0. The maximum atomic E-state index is 8.43. The van der Waals surface area contributed by atoms with E-state index in [0.717, 1.165) is 26.1 Å². The number of rotatable bonds is 14. The van der Waals surface area contributed by atoms with E-state index < -0.39 is 0 Å². The standard InChI is InChI=1S/C12H26O3.C4H10O2/c1-3-5-7-13-9-11-15-12-10-14-8-6-4-2;1-4(5)3-6-2/h3-12H2,1-2H3;4-5H,3H2,1-2H3. The normalized spacial score (nSPS) is 11.9. The maximum Gasteiger partial charge on any atom is 0.0745 e. The molecule has 0 bridgehead atoms. The van der Waals surface area contributed by atoms with Crippen molar-refractivity contribution in [3.8, 4) is 0 Å². The van der Waals surface area contributed by atoms with Gasteiger partial charge in [-0.25, -0.2) is 0 Å². The second kappa shape index (κ2) is 22.1. The van der Waals surface area contributed by atoms with Crippen LogP contribution in [0.25, 0.3) is 0 Å². The van der Waals surface area contributed by atoms with E-state index in [1.807, 2.05) is 0 Å². The smallest absolute Gasteiger partial charge is 0.0745 e. The number of aliphatic hydroxyl groups excluding tert-OH is 1. The Morgan fingerprint density at radius 2 is 1.14 bits per heavy atom. The minimum Gasteiger partial charge on any atom is -0.391 e. The summed E-state index contributed by atoms with van der Waals surface area (Å²) < 4.78 is 20.6. The first-order chi connectivity index (χ1) is 10.2. The van der Waals surface area contributed by atoms with Gasteiger partial charge in [0.15, 0.2) is 0 Å². The summed E-state index contributed by atoms with van der Waals surface area (Å²) in [5, 5.41) is 8.43. The Morgan fingerprint density at radius 3 is 1.38 bits per heavy atom. The summed E-state index contributed by atoms with van der Waals surface area (Å²) in [4.78, 5) is 0. The molecule has 21 heavy (non-hydrogen) atoms. The van der Waals surface area contributed by atoms with Crippen molar-refractivity contribution in [2.75, 3.05) is 53.4 Å². The van der Waals surface area contributed by atoms with Gasteiger partial charge in [0.1, 0.15) is 0 Å². The van der Waals surface area contributed by atoms with Gasteiger partial charge >= 0.3 is 0 Å². The van der Waals surface area contributed by atoms with Gasteiger partial charge in [-0.3, -0.25) is 0 Å². The molecular weight excluding hydrogens is 272 g/mol. The van der Waals surface area contributed by atoms with Crippen molar-refractivity contribution >= 4 is 0 Å². The lowest BCUT2D eigenvalue weighted by Crippen LogP contribution is -2.10. The highest BCUT2D eigenvalue weighted by molar-refractivity contribution is 4.37. The number of aliphatic hydroxyl groups is 1. The van der Waals surface area contributed by atoms with E-state index in [1.165, 1.54) is 12.8 Å². The fourth-order valence-electron chi connectivity index (χ4n) is 1.28. The molecule has 5 heteroatoms. The molecule has 0 aromatic heterocycles. The van der Waals surface area contributed by atoms with Crippen LogP contribution in [0.4, 0.5) is 0 Å². The Bertz CT molecular complexity index is 153. The summed E-state index contributed by atoms with van der Waals surface area (Å²) in [5.74, 6) is 0. The van der Waals surface area contributed by atoms with Gasteiger partial charge in [0.05, 0.1) is 39.1 Å². The highest BCUT2D eigenvalue weighted by atomic mass is 16.5. The molecular formula is C16H36O5. The molecule has 0 radical (unpaired) electrons. The minimum absolute atomic E-state index is 0.324. The third kappa shape index (κ3) is 28.6. The molecule has 5 nitrogen and oxygen atoms in total. The van der Waals surface area contributed by atoms with Crippen LogP contribution in [0.3, 0.4) is 0 Å². The van der Waals surface area contributed by atoms with Gasteiger partial charge < -0.3 is 24.1 Å². The Morgan fingerprint density at radius 1 is 0.762 bits per heavy atom. The summed E-state index contributed by atoms with van der Waals surface area (Å²) in [6.07, 6.45) is 4.33. The van der Waals surface area contributed by atoms with Crippen molar-refractivity contribution < 1.29 is 24.1 Å². The second-order valence-electron chi connectivity index (χ2n) is 4.85. The second-order valence-corrected chi connectivity index (χ2v) is 4.85. The van der Waals surface area contributed by atoms with Crippen LogP contribution < -0.4 is 0 Å². The van der Waals surface area contributed by atoms with Crippen LogP contribution in [0.5, 0.6) is 0 Å². The van der Waals surface area contributed by atoms with E-state index in [-0.39, 0.29) is 6.10 Å². The van der Waals surface area contributed by atoms with E-state index >= 15 is 0 Å². The lowest BCUT2D eigenvalue weighted by Gasteiger charge is -2.06. The molecule has 0 aromatic carbocycles. The number of methoxy groups -OCH3 is 1. The van der Waals surface area contributed by atoms with Crippen LogP contribution in [0.15, 0.2) is 0 Å². The highest BCUT2D eigenvalue weighted by Gasteiger charge is 1.91. The molecule has 0 aliphatic rings. The number of hydrogen-bond donors (Lipinski definition) is 1. The monoisotopic (exact) mass is 308 g/mol. The molecule has 1 unspecified atom stereocenters. The van der Waals surface area contributed by atoms with Crippen LogP contribution in [0.1, 0.15) is 46.5 Å². The summed E-state index contributed by atoms with van der Waals surface area (Å²) in [6.45, 7) is 10.9. The van der Waals surface area contributed by atoms with Crippen molar-refractivity contribution in [3.05, 3.63) is 0 Å². The molecule has 0 saturated heterocycles. The molecule has 0 aliphatic carbocycles. The van der Waals surface area contributed by atoms with Gasteiger partial charge in [0.25, 0.3) is 0 Å². The molecule has 130 valence electrons. The van der Waals surface area contributed by atoms with Crippen molar-refractivity contribution in [1.82, 2.24) is 0 Å². The zero-order valence-electron chi connectivity index (χ0n) is 14.4. The zero-order valence-corrected chi connectivity index (χ0v) is 14.4.